The Morgan fingerprint density at radius 2 is 1.29 bits per heavy atom. The highest BCUT2D eigenvalue weighted by Crippen LogP contribution is 2.38. The molecule has 0 amide bonds. The smallest absolute Gasteiger partial charge is 0.163 e. The van der Waals surface area contributed by atoms with Gasteiger partial charge >= 0.3 is 0 Å². The Labute approximate surface area is 195 Å². The fourth-order valence-corrected chi connectivity index (χ4v) is 3.31. The quantitative estimate of drug-likeness (QED) is 0.413. The monoisotopic (exact) mass is 461 g/mol. The molecule has 0 aliphatic rings. The van der Waals surface area contributed by atoms with Crippen molar-refractivity contribution in [1.82, 2.24) is 0 Å². The van der Waals surface area contributed by atoms with Crippen molar-refractivity contribution < 1.29 is 14.6 Å². The third-order valence-electron chi connectivity index (χ3n) is 4.99. The summed E-state index contributed by atoms with van der Waals surface area (Å²) in [5.41, 5.74) is 8.77. The number of aliphatic hydroxyl groups is 1. The van der Waals surface area contributed by atoms with Crippen LogP contribution in [-0.2, 0) is 13.2 Å². The average molecular weight is 462 g/mol. The first-order valence-electron chi connectivity index (χ1n) is 10.1. The fraction of sp³-hybridized carbons (Fsp3) is 0.280. The van der Waals surface area contributed by atoms with Crippen molar-refractivity contribution in [2.45, 2.75) is 39.2 Å². The topological polar surface area (TPSA) is 64.7 Å². The summed E-state index contributed by atoms with van der Waals surface area (Å²) in [4.78, 5) is 0. The van der Waals surface area contributed by atoms with Gasteiger partial charge in [-0.05, 0) is 23.1 Å². The molecule has 3 N–H and O–H groups in total. The lowest BCUT2D eigenvalue weighted by Gasteiger charge is -2.24. The number of nitrogens with two attached hydrogens (primary N) is 1. The third-order valence-corrected chi connectivity index (χ3v) is 5.32. The van der Waals surface area contributed by atoms with Gasteiger partial charge in [-0.1, -0.05) is 86.1 Å². The Bertz CT molecular complexity index is 936. The highest BCUT2D eigenvalue weighted by molar-refractivity contribution is 6.31. The van der Waals surface area contributed by atoms with E-state index in [0.29, 0.717) is 35.3 Å². The minimum Gasteiger partial charge on any atom is -0.485 e. The van der Waals surface area contributed by atoms with E-state index in [2.05, 4.69) is 0 Å². The molecule has 0 aliphatic carbocycles. The van der Waals surface area contributed by atoms with Gasteiger partial charge in [0.05, 0.1) is 11.1 Å². The van der Waals surface area contributed by atoms with Crippen LogP contribution in [-0.4, -0.2) is 11.1 Å². The summed E-state index contributed by atoms with van der Waals surface area (Å²) in [6.07, 6.45) is -0.903. The summed E-state index contributed by atoms with van der Waals surface area (Å²) in [5.74, 6) is 1.14. The summed E-state index contributed by atoms with van der Waals surface area (Å²) in [6, 6.07) is 22.7. The van der Waals surface area contributed by atoms with Crippen molar-refractivity contribution in [3.63, 3.8) is 0 Å². The highest BCUT2D eigenvalue weighted by Gasteiger charge is 2.24. The van der Waals surface area contributed by atoms with E-state index >= 15 is 0 Å². The molecule has 0 heterocycles. The largest absolute Gasteiger partial charge is 0.485 e. The number of benzene rings is 3. The van der Waals surface area contributed by atoms with Crippen molar-refractivity contribution in [3.8, 4) is 11.5 Å². The number of hydrogen-bond donors (Lipinski definition) is 2. The molecule has 6 heteroatoms. The van der Waals surface area contributed by atoms with Crippen molar-refractivity contribution in [2.75, 3.05) is 0 Å². The average Bonchev–Trinajstić information content (AvgIpc) is 2.77. The summed E-state index contributed by atoms with van der Waals surface area (Å²) in [6.45, 7) is 4.68. The molecule has 0 bridgehead atoms. The normalized spacial score (nSPS) is 12.7. The van der Waals surface area contributed by atoms with Gasteiger partial charge in [0.25, 0.3) is 0 Å². The number of hydrogen-bond acceptors (Lipinski definition) is 4. The molecule has 2 unspecified atom stereocenters. The van der Waals surface area contributed by atoms with E-state index < -0.39 is 12.1 Å². The molecule has 0 aliphatic heterocycles. The van der Waals surface area contributed by atoms with Gasteiger partial charge in [0.1, 0.15) is 13.2 Å². The predicted octanol–water partition coefficient (Wildman–Crippen LogP) is 5.94. The van der Waals surface area contributed by atoms with Crippen molar-refractivity contribution in [2.24, 2.45) is 11.7 Å². The van der Waals surface area contributed by atoms with Crippen molar-refractivity contribution in [1.29, 1.82) is 0 Å². The fourth-order valence-electron chi connectivity index (χ4n) is 3.05. The number of ether oxygens (including phenoxy) is 2. The first-order chi connectivity index (χ1) is 14.5. The van der Waals surface area contributed by atoms with Crippen molar-refractivity contribution in [3.05, 3.63) is 94.5 Å². The van der Waals surface area contributed by atoms with Gasteiger partial charge in [-0.15, -0.1) is 12.4 Å². The Morgan fingerprint density at radius 3 is 1.74 bits per heavy atom. The maximum atomic E-state index is 10.7. The summed E-state index contributed by atoms with van der Waals surface area (Å²) < 4.78 is 12.1. The lowest BCUT2D eigenvalue weighted by molar-refractivity contribution is 0.125. The van der Waals surface area contributed by atoms with Gasteiger partial charge in [-0.25, -0.2) is 0 Å². The van der Waals surface area contributed by atoms with Crippen LogP contribution < -0.4 is 15.2 Å². The molecule has 4 nitrogen and oxygen atoms in total. The van der Waals surface area contributed by atoms with Gasteiger partial charge in [0.2, 0.25) is 0 Å². The first-order valence-corrected chi connectivity index (χ1v) is 10.4. The van der Waals surface area contributed by atoms with Gasteiger partial charge < -0.3 is 20.3 Å². The predicted molar refractivity (Wildman–Crippen MR) is 128 cm³/mol. The third kappa shape index (κ3) is 6.88. The van der Waals surface area contributed by atoms with E-state index in [9.17, 15) is 5.11 Å². The zero-order valence-corrected chi connectivity index (χ0v) is 19.3. The van der Waals surface area contributed by atoms with Crippen LogP contribution >= 0.6 is 24.0 Å². The zero-order valence-electron chi connectivity index (χ0n) is 17.7. The Kier molecular flexibility index (Phi) is 9.66. The standard InChI is InChI=1S/C25H28ClNO3.ClH/c1-17(2)24(27)25(28)20-13-22(29-15-18-9-5-3-6-10-18)23(14-21(20)26)30-16-19-11-7-4-8-12-19;/h3-14,17,24-25,28H,15-16,27H2,1-2H3;1H. The van der Waals surface area contributed by atoms with Crippen LogP contribution in [0.1, 0.15) is 36.6 Å². The number of rotatable bonds is 9. The molecule has 2 atom stereocenters. The van der Waals surface area contributed by atoms with Gasteiger partial charge in [-0.2, -0.15) is 0 Å². The van der Waals surface area contributed by atoms with E-state index in [0.717, 1.165) is 11.1 Å². The molecule has 0 spiro atoms. The minimum atomic E-state index is -0.903. The Hall–Kier alpha value is -2.24. The van der Waals surface area contributed by atoms with E-state index in [1.807, 2.05) is 74.5 Å². The molecule has 3 rings (SSSR count). The number of aliphatic hydroxyl groups excluding tert-OH is 1. The van der Waals surface area contributed by atoms with E-state index in [4.69, 9.17) is 26.8 Å². The lowest BCUT2D eigenvalue weighted by Crippen LogP contribution is -2.33. The van der Waals surface area contributed by atoms with Crippen LogP contribution in [0, 0.1) is 5.92 Å². The molecule has 0 aromatic heterocycles. The SMILES string of the molecule is CC(C)C(N)C(O)c1cc(OCc2ccccc2)c(OCc2ccccc2)cc1Cl.Cl. The van der Waals surface area contributed by atoms with Crippen LogP contribution in [0.4, 0.5) is 0 Å². The van der Waals surface area contributed by atoms with Gasteiger partial charge in [0, 0.05) is 17.7 Å². The second kappa shape index (κ2) is 12.0. The molecular formula is C25H29Cl2NO3. The second-order valence-corrected chi connectivity index (χ2v) is 8.04. The number of halogens is 2. The highest BCUT2D eigenvalue weighted by atomic mass is 35.5. The maximum Gasteiger partial charge on any atom is 0.163 e. The summed E-state index contributed by atoms with van der Waals surface area (Å²) in [5, 5.41) is 11.1. The summed E-state index contributed by atoms with van der Waals surface area (Å²) in [7, 11) is 0. The van der Waals surface area contributed by atoms with Crippen LogP contribution in [0.3, 0.4) is 0 Å². The molecule has 31 heavy (non-hydrogen) atoms. The van der Waals surface area contributed by atoms with Gasteiger partial charge in [-0.3, -0.25) is 0 Å². The van der Waals surface area contributed by atoms with Crippen LogP contribution in [0.25, 0.3) is 0 Å². The molecule has 0 saturated carbocycles. The van der Waals surface area contributed by atoms with Crippen molar-refractivity contribution >= 4 is 24.0 Å². The van der Waals surface area contributed by atoms with Crippen LogP contribution in [0.2, 0.25) is 5.02 Å². The van der Waals surface area contributed by atoms with E-state index in [-0.39, 0.29) is 18.3 Å². The molecule has 3 aromatic carbocycles. The van der Waals surface area contributed by atoms with Crippen LogP contribution in [0.5, 0.6) is 11.5 Å². The molecule has 166 valence electrons. The molecule has 0 saturated heterocycles. The van der Waals surface area contributed by atoms with Gasteiger partial charge in [0.15, 0.2) is 11.5 Å². The lowest BCUT2D eigenvalue weighted by atomic mass is 9.94. The molecule has 3 aromatic rings. The molecule has 0 radical (unpaired) electrons. The first kappa shape index (κ1) is 25.0. The van der Waals surface area contributed by atoms with E-state index in [1.54, 1.807) is 12.1 Å². The second-order valence-electron chi connectivity index (χ2n) is 7.64. The maximum absolute atomic E-state index is 10.7. The Balaban J connectivity index is 0.00000341. The minimum absolute atomic E-state index is 0. The summed E-state index contributed by atoms with van der Waals surface area (Å²) >= 11 is 6.49. The van der Waals surface area contributed by atoms with Crippen LogP contribution in [0.15, 0.2) is 72.8 Å². The Morgan fingerprint density at radius 1 is 0.839 bits per heavy atom. The molecular weight excluding hydrogens is 433 g/mol. The molecule has 0 fully saturated rings. The van der Waals surface area contributed by atoms with E-state index in [1.165, 1.54) is 0 Å². The zero-order chi connectivity index (χ0) is 21.5.